The summed E-state index contributed by atoms with van der Waals surface area (Å²) in [5, 5.41) is 0. The van der Waals surface area contributed by atoms with Crippen LogP contribution < -0.4 is 5.73 Å². The van der Waals surface area contributed by atoms with Gasteiger partial charge in [-0.25, -0.2) is 0 Å². The fraction of sp³-hybridized carbons (Fsp3) is 0.250. The third-order valence-electron chi connectivity index (χ3n) is 2.12. The van der Waals surface area contributed by atoms with E-state index in [1.807, 2.05) is 12.1 Å². The SMILES string of the molecule is CCc1cccc(/C(C=NC)=C/N)c1. The fourth-order valence-corrected chi connectivity index (χ4v) is 1.32. The molecular weight excluding hydrogens is 172 g/mol. The van der Waals surface area contributed by atoms with E-state index in [0.717, 1.165) is 17.6 Å². The summed E-state index contributed by atoms with van der Waals surface area (Å²) in [6.45, 7) is 2.14. The van der Waals surface area contributed by atoms with Gasteiger partial charge in [0.1, 0.15) is 0 Å². The zero-order valence-electron chi connectivity index (χ0n) is 8.70. The highest BCUT2D eigenvalue weighted by atomic mass is 14.6. The molecule has 0 amide bonds. The third kappa shape index (κ3) is 2.46. The fourth-order valence-electron chi connectivity index (χ4n) is 1.32. The number of hydrogen-bond donors (Lipinski definition) is 1. The molecule has 1 aromatic carbocycles. The molecule has 14 heavy (non-hydrogen) atoms. The summed E-state index contributed by atoms with van der Waals surface area (Å²) in [4.78, 5) is 3.97. The van der Waals surface area contributed by atoms with Crippen molar-refractivity contribution in [2.75, 3.05) is 7.05 Å². The zero-order valence-corrected chi connectivity index (χ0v) is 8.70. The van der Waals surface area contributed by atoms with Crippen molar-refractivity contribution in [3.63, 3.8) is 0 Å². The number of aryl methyl sites for hydroxylation is 1. The van der Waals surface area contributed by atoms with Gasteiger partial charge in [-0.1, -0.05) is 31.2 Å². The quantitative estimate of drug-likeness (QED) is 0.726. The second kappa shape index (κ2) is 5.22. The Bertz CT molecular complexity index is 351. The molecule has 0 fully saturated rings. The van der Waals surface area contributed by atoms with Gasteiger partial charge in [0.05, 0.1) is 0 Å². The predicted molar refractivity (Wildman–Crippen MR) is 62.4 cm³/mol. The van der Waals surface area contributed by atoms with Crippen LogP contribution >= 0.6 is 0 Å². The summed E-state index contributed by atoms with van der Waals surface area (Å²) in [7, 11) is 1.74. The highest BCUT2D eigenvalue weighted by Gasteiger charge is 1.98. The van der Waals surface area contributed by atoms with Gasteiger partial charge in [0.25, 0.3) is 0 Å². The minimum Gasteiger partial charge on any atom is -0.404 e. The Hall–Kier alpha value is -1.57. The van der Waals surface area contributed by atoms with Crippen molar-refractivity contribution in [3.8, 4) is 0 Å². The first kappa shape index (κ1) is 10.5. The molecule has 2 heteroatoms. The van der Waals surface area contributed by atoms with Crippen LogP contribution in [-0.4, -0.2) is 13.3 Å². The molecule has 0 heterocycles. The third-order valence-corrected chi connectivity index (χ3v) is 2.12. The van der Waals surface area contributed by atoms with Crippen LogP contribution in [0.4, 0.5) is 0 Å². The second-order valence-electron chi connectivity index (χ2n) is 3.06. The Morgan fingerprint density at radius 3 is 2.86 bits per heavy atom. The Labute approximate surface area is 85.2 Å². The molecule has 0 spiro atoms. The van der Waals surface area contributed by atoms with Gasteiger partial charge in [-0.05, 0) is 17.5 Å². The largest absolute Gasteiger partial charge is 0.404 e. The molecule has 0 aliphatic heterocycles. The van der Waals surface area contributed by atoms with Crippen molar-refractivity contribution in [2.24, 2.45) is 10.7 Å². The molecular formula is C12H16N2. The van der Waals surface area contributed by atoms with E-state index in [2.05, 4.69) is 24.0 Å². The van der Waals surface area contributed by atoms with Gasteiger partial charge in [0.15, 0.2) is 0 Å². The number of rotatable bonds is 3. The monoisotopic (exact) mass is 188 g/mol. The second-order valence-corrected chi connectivity index (χ2v) is 3.06. The van der Waals surface area contributed by atoms with Crippen LogP contribution in [0.3, 0.4) is 0 Å². The van der Waals surface area contributed by atoms with Crippen molar-refractivity contribution in [3.05, 3.63) is 41.6 Å². The molecule has 0 aliphatic rings. The van der Waals surface area contributed by atoms with Crippen molar-refractivity contribution < 1.29 is 0 Å². The van der Waals surface area contributed by atoms with Crippen LogP contribution in [0.5, 0.6) is 0 Å². The summed E-state index contributed by atoms with van der Waals surface area (Å²) in [6, 6.07) is 8.34. The minimum absolute atomic E-state index is 0.961. The van der Waals surface area contributed by atoms with E-state index < -0.39 is 0 Å². The number of nitrogens with two attached hydrogens (primary N) is 1. The van der Waals surface area contributed by atoms with E-state index in [1.165, 1.54) is 5.56 Å². The molecule has 0 saturated heterocycles. The highest BCUT2D eigenvalue weighted by molar-refractivity contribution is 6.09. The lowest BCUT2D eigenvalue weighted by Crippen LogP contribution is -1.92. The summed E-state index contributed by atoms with van der Waals surface area (Å²) in [5.74, 6) is 0. The molecule has 74 valence electrons. The van der Waals surface area contributed by atoms with Gasteiger partial charge < -0.3 is 5.73 Å². The lowest BCUT2D eigenvalue weighted by molar-refractivity contribution is 1.14. The van der Waals surface area contributed by atoms with Crippen LogP contribution in [0.15, 0.2) is 35.5 Å². The molecule has 0 radical (unpaired) electrons. The lowest BCUT2D eigenvalue weighted by atomic mass is 10.0. The predicted octanol–water partition coefficient (Wildman–Crippen LogP) is 2.25. The number of benzene rings is 1. The number of aliphatic imine (C=N–C) groups is 1. The Morgan fingerprint density at radius 2 is 2.29 bits per heavy atom. The van der Waals surface area contributed by atoms with Crippen LogP contribution in [0.2, 0.25) is 0 Å². The van der Waals surface area contributed by atoms with Gasteiger partial charge in [-0.3, -0.25) is 4.99 Å². The smallest absolute Gasteiger partial charge is 0.0301 e. The zero-order chi connectivity index (χ0) is 10.4. The summed E-state index contributed by atoms with van der Waals surface area (Å²) < 4.78 is 0. The first-order valence-corrected chi connectivity index (χ1v) is 4.75. The van der Waals surface area contributed by atoms with Gasteiger partial charge in [0.2, 0.25) is 0 Å². The minimum atomic E-state index is 0.961. The van der Waals surface area contributed by atoms with Crippen molar-refractivity contribution >= 4 is 11.8 Å². The molecule has 0 aliphatic carbocycles. The maximum atomic E-state index is 5.53. The molecule has 2 N–H and O–H groups in total. The first-order valence-electron chi connectivity index (χ1n) is 4.75. The molecule has 2 nitrogen and oxygen atoms in total. The molecule has 0 bridgehead atoms. The normalized spacial score (nSPS) is 12.3. The van der Waals surface area contributed by atoms with E-state index in [0.29, 0.717) is 0 Å². The Kier molecular flexibility index (Phi) is 3.92. The van der Waals surface area contributed by atoms with Gasteiger partial charge in [0, 0.05) is 25.0 Å². The molecule has 0 unspecified atom stereocenters. The van der Waals surface area contributed by atoms with Crippen molar-refractivity contribution in [2.45, 2.75) is 13.3 Å². The van der Waals surface area contributed by atoms with Gasteiger partial charge >= 0.3 is 0 Å². The highest BCUT2D eigenvalue weighted by Crippen LogP contribution is 2.13. The molecule has 1 rings (SSSR count). The molecule has 0 atom stereocenters. The number of allylic oxidation sites excluding steroid dienone is 1. The first-order chi connectivity index (χ1) is 6.81. The van der Waals surface area contributed by atoms with E-state index in [1.54, 1.807) is 19.5 Å². The topological polar surface area (TPSA) is 38.4 Å². The van der Waals surface area contributed by atoms with Gasteiger partial charge in [-0.15, -0.1) is 0 Å². The maximum Gasteiger partial charge on any atom is 0.0301 e. The molecule has 0 aromatic heterocycles. The maximum absolute atomic E-state index is 5.53. The van der Waals surface area contributed by atoms with Crippen LogP contribution in [-0.2, 0) is 6.42 Å². The van der Waals surface area contributed by atoms with Crippen LogP contribution in [0.1, 0.15) is 18.1 Å². The van der Waals surface area contributed by atoms with Crippen LogP contribution in [0.25, 0.3) is 5.57 Å². The summed E-state index contributed by atoms with van der Waals surface area (Å²) in [6.07, 6.45) is 4.39. The number of hydrogen-bond acceptors (Lipinski definition) is 2. The Morgan fingerprint density at radius 1 is 1.50 bits per heavy atom. The van der Waals surface area contributed by atoms with Crippen molar-refractivity contribution in [1.82, 2.24) is 0 Å². The van der Waals surface area contributed by atoms with E-state index in [9.17, 15) is 0 Å². The van der Waals surface area contributed by atoms with E-state index >= 15 is 0 Å². The summed E-state index contributed by atoms with van der Waals surface area (Å²) >= 11 is 0. The van der Waals surface area contributed by atoms with E-state index in [4.69, 9.17) is 5.73 Å². The molecule has 1 aromatic rings. The van der Waals surface area contributed by atoms with Crippen molar-refractivity contribution in [1.29, 1.82) is 0 Å². The summed E-state index contributed by atoms with van der Waals surface area (Å²) in [5.41, 5.74) is 8.92. The number of nitrogens with zero attached hydrogens (tertiary/aromatic N) is 1. The molecule has 0 saturated carbocycles. The van der Waals surface area contributed by atoms with E-state index in [-0.39, 0.29) is 0 Å². The Balaban J connectivity index is 3.05. The van der Waals surface area contributed by atoms with Crippen LogP contribution in [0, 0.1) is 0 Å². The average Bonchev–Trinajstić information content (AvgIpc) is 2.26. The standard InChI is InChI=1S/C12H16N2/c1-3-10-5-4-6-11(7-10)12(8-13)9-14-2/h4-9H,3,13H2,1-2H3/b12-8+,14-9?. The lowest BCUT2D eigenvalue weighted by Gasteiger charge is -2.03. The van der Waals surface area contributed by atoms with Gasteiger partial charge in [-0.2, -0.15) is 0 Å². The average molecular weight is 188 g/mol.